The molecule has 1 aliphatic carbocycles. The lowest BCUT2D eigenvalue weighted by Gasteiger charge is -2.32. The molecular weight excluding hydrogens is 176 g/mol. The van der Waals surface area contributed by atoms with Gasteiger partial charge in [-0.2, -0.15) is 0 Å². The van der Waals surface area contributed by atoms with Crippen molar-refractivity contribution in [3.8, 4) is 0 Å². The molecule has 0 radical (unpaired) electrons. The van der Waals surface area contributed by atoms with Gasteiger partial charge in [0.2, 0.25) is 5.91 Å². The van der Waals surface area contributed by atoms with Crippen molar-refractivity contribution in [1.82, 2.24) is 9.80 Å². The molecule has 3 nitrogen and oxygen atoms in total. The molecule has 1 aliphatic heterocycles. The first-order chi connectivity index (χ1) is 6.50. The molecule has 80 valence electrons. The number of rotatable bonds is 1. The Hall–Kier alpha value is -0.570. The largest absolute Gasteiger partial charge is 0.340 e. The maximum Gasteiger partial charge on any atom is 0.226 e. The van der Waals surface area contributed by atoms with Gasteiger partial charge in [0.1, 0.15) is 0 Å². The Morgan fingerprint density at radius 2 is 1.71 bits per heavy atom. The minimum atomic E-state index is 0.278. The lowest BCUT2D eigenvalue weighted by Crippen LogP contribution is -2.48. The Bertz CT molecular complexity index is 242. The number of nitrogens with zero attached hydrogens (tertiary/aromatic N) is 2. The molecule has 0 aromatic carbocycles. The third-order valence-corrected chi connectivity index (χ3v) is 3.63. The Morgan fingerprint density at radius 1 is 1.21 bits per heavy atom. The Balaban J connectivity index is 1.88. The molecule has 1 saturated carbocycles. The van der Waals surface area contributed by atoms with Crippen LogP contribution in [0.3, 0.4) is 0 Å². The quantitative estimate of drug-likeness (QED) is 0.619. The van der Waals surface area contributed by atoms with Crippen molar-refractivity contribution in [2.24, 2.45) is 11.3 Å². The zero-order chi connectivity index (χ0) is 10.3. The first-order valence-corrected chi connectivity index (χ1v) is 5.48. The van der Waals surface area contributed by atoms with Gasteiger partial charge in [-0.1, -0.05) is 13.8 Å². The van der Waals surface area contributed by atoms with Crippen LogP contribution in [-0.4, -0.2) is 48.9 Å². The summed E-state index contributed by atoms with van der Waals surface area (Å²) in [6.45, 7) is 8.26. The summed E-state index contributed by atoms with van der Waals surface area (Å²) >= 11 is 0. The summed E-state index contributed by atoms with van der Waals surface area (Å²) in [4.78, 5) is 16.3. The minimum absolute atomic E-state index is 0.278. The van der Waals surface area contributed by atoms with Crippen LogP contribution >= 0.6 is 0 Å². The highest BCUT2D eigenvalue weighted by Gasteiger charge is 2.51. The zero-order valence-electron chi connectivity index (χ0n) is 9.42. The van der Waals surface area contributed by atoms with Crippen molar-refractivity contribution in [2.45, 2.75) is 20.3 Å². The van der Waals surface area contributed by atoms with Crippen molar-refractivity contribution in [3.63, 3.8) is 0 Å². The van der Waals surface area contributed by atoms with Crippen molar-refractivity contribution < 1.29 is 4.79 Å². The second-order valence-electron chi connectivity index (χ2n) is 5.37. The molecule has 1 saturated heterocycles. The average molecular weight is 196 g/mol. The summed E-state index contributed by atoms with van der Waals surface area (Å²) in [5, 5.41) is 0. The van der Waals surface area contributed by atoms with E-state index in [4.69, 9.17) is 0 Å². The van der Waals surface area contributed by atoms with Crippen molar-refractivity contribution in [1.29, 1.82) is 0 Å². The maximum atomic E-state index is 12.0. The predicted octanol–water partition coefficient (Wildman–Crippen LogP) is 0.806. The zero-order valence-corrected chi connectivity index (χ0v) is 9.42. The normalized spacial score (nSPS) is 31.6. The van der Waals surface area contributed by atoms with Gasteiger partial charge in [0.05, 0.1) is 0 Å². The second-order valence-corrected chi connectivity index (χ2v) is 5.37. The third-order valence-electron chi connectivity index (χ3n) is 3.63. The van der Waals surface area contributed by atoms with Crippen LogP contribution in [0.1, 0.15) is 20.3 Å². The minimum Gasteiger partial charge on any atom is -0.340 e. The van der Waals surface area contributed by atoms with Gasteiger partial charge in [-0.3, -0.25) is 4.79 Å². The highest BCUT2D eigenvalue weighted by molar-refractivity contribution is 5.82. The van der Waals surface area contributed by atoms with E-state index >= 15 is 0 Å². The number of likely N-dealkylation sites (N-methyl/N-ethyl adjacent to an activating group) is 1. The molecule has 2 aliphatic rings. The summed E-state index contributed by atoms with van der Waals surface area (Å²) in [7, 11) is 2.11. The molecule has 3 heteroatoms. The van der Waals surface area contributed by atoms with Crippen molar-refractivity contribution >= 4 is 5.91 Å². The van der Waals surface area contributed by atoms with Crippen molar-refractivity contribution in [2.75, 3.05) is 33.2 Å². The fraction of sp³-hybridized carbons (Fsp3) is 0.909. The van der Waals surface area contributed by atoms with Crippen LogP contribution in [0.4, 0.5) is 0 Å². The fourth-order valence-electron chi connectivity index (χ4n) is 2.14. The molecule has 14 heavy (non-hydrogen) atoms. The summed E-state index contributed by atoms with van der Waals surface area (Å²) in [6, 6.07) is 0. The molecule has 1 unspecified atom stereocenters. The lowest BCUT2D eigenvalue weighted by atomic mass is 10.1. The fourth-order valence-corrected chi connectivity index (χ4v) is 2.14. The Morgan fingerprint density at radius 3 is 2.14 bits per heavy atom. The van der Waals surface area contributed by atoms with E-state index < -0.39 is 0 Å². The number of carbonyl (C=O) groups is 1. The number of hydrogen-bond acceptors (Lipinski definition) is 2. The van der Waals surface area contributed by atoms with Crippen molar-refractivity contribution in [3.05, 3.63) is 0 Å². The number of amides is 1. The highest BCUT2D eigenvalue weighted by atomic mass is 16.2. The lowest BCUT2D eigenvalue weighted by molar-refractivity contribution is -0.134. The number of piperazine rings is 1. The predicted molar refractivity (Wildman–Crippen MR) is 56.0 cm³/mol. The van der Waals surface area contributed by atoms with Gasteiger partial charge in [0, 0.05) is 32.1 Å². The van der Waals surface area contributed by atoms with E-state index in [1.807, 2.05) is 4.90 Å². The molecule has 0 aromatic heterocycles. The first kappa shape index (κ1) is 9.97. The standard InChI is InChI=1S/C11H20N2O/c1-11(2)8-9(11)10(14)13-6-4-12(3)5-7-13/h9H,4-8H2,1-3H3. The molecule has 2 rings (SSSR count). The van der Waals surface area contributed by atoms with Crippen LogP contribution in [0.25, 0.3) is 0 Å². The van der Waals surface area contributed by atoms with Gasteiger partial charge >= 0.3 is 0 Å². The van der Waals surface area contributed by atoms with E-state index in [2.05, 4.69) is 25.8 Å². The molecule has 1 atom stereocenters. The smallest absolute Gasteiger partial charge is 0.226 e. The van der Waals surface area contributed by atoms with Crippen LogP contribution in [0.5, 0.6) is 0 Å². The molecule has 0 aromatic rings. The summed E-state index contributed by atoms with van der Waals surface area (Å²) in [6.07, 6.45) is 1.08. The van der Waals surface area contributed by atoms with Gasteiger partial charge < -0.3 is 9.80 Å². The molecule has 1 amide bonds. The second kappa shape index (κ2) is 3.23. The highest BCUT2D eigenvalue weighted by Crippen LogP contribution is 2.52. The Labute approximate surface area is 86.1 Å². The molecule has 0 spiro atoms. The van der Waals surface area contributed by atoms with E-state index in [0.29, 0.717) is 11.8 Å². The maximum absolute atomic E-state index is 12.0. The van der Waals surface area contributed by atoms with E-state index in [0.717, 1.165) is 32.6 Å². The van der Waals surface area contributed by atoms with Gasteiger partial charge in [0.25, 0.3) is 0 Å². The van der Waals surface area contributed by atoms with Crippen LogP contribution < -0.4 is 0 Å². The van der Waals surface area contributed by atoms with E-state index in [-0.39, 0.29) is 5.41 Å². The van der Waals surface area contributed by atoms with E-state index in [1.54, 1.807) is 0 Å². The van der Waals surface area contributed by atoms with Crippen LogP contribution in [0, 0.1) is 11.3 Å². The van der Waals surface area contributed by atoms with Gasteiger partial charge in [-0.25, -0.2) is 0 Å². The van der Waals surface area contributed by atoms with E-state index in [1.165, 1.54) is 0 Å². The van der Waals surface area contributed by atoms with E-state index in [9.17, 15) is 4.79 Å². The molecule has 0 bridgehead atoms. The summed E-state index contributed by atoms with van der Waals surface area (Å²) < 4.78 is 0. The summed E-state index contributed by atoms with van der Waals surface area (Å²) in [5.74, 6) is 0.703. The molecule has 0 N–H and O–H groups in total. The van der Waals surface area contributed by atoms with Gasteiger partial charge in [-0.05, 0) is 18.9 Å². The Kier molecular flexibility index (Phi) is 2.30. The van der Waals surface area contributed by atoms with Gasteiger partial charge in [-0.15, -0.1) is 0 Å². The molecular formula is C11H20N2O. The van der Waals surface area contributed by atoms with Crippen LogP contribution in [-0.2, 0) is 4.79 Å². The summed E-state index contributed by atoms with van der Waals surface area (Å²) in [5.41, 5.74) is 0.278. The first-order valence-electron chi connectivity index (χ1n) is 5.48. The third kappa shape index (κ3) is 1.78. The molecule has 2 fully saturated rings. The number of hydrogen-bond donors (Lipinski definition) is 0. The van der Waals surface area contributed by atoms with Crippen LogP contribution in [0.15, 0.2) is 0 Å². The molecule has 1 heterocycles. The average Bonchev–Trinajstić information content (AvgIpc) is 2.75. The van der Waals surface area contributed by atoms with Gasteiger partial charge in [0.15, 0.2) is 0 Å². The monoisotopic (exact) mass is 196 g/mol. The number of carbonyl (C=O) groups excluding carboxylic acids is 1. The topological polar surface area (TPSA) is 23.6 Å². The van der Waals surface area contributed by atoms with Crippen LogP contribution in [0.2, 0.25) is 0 Å². The SMILES string of the molecule is CN1CCN(C(=O)C2CC2(C)C)CC1.